The molecule has 9 nitrogen and oxygen atoms in total. The summed E-state index contributed by atoms with van der Waals surface area (Å²) in [6, 6.07) is 17.2. The molecular weight excluding hydrogens is 667 g/mol. The highest BCUT2D eigenvalue weighted by molar-refractivity contribution is 6.76. The first-order valence-electron chi connectivity index (χ1n) is 14.8. The third-order valence-electron chi connectivity index (χ3n) is 6.99. The Morgan fingerprint density at radius 3 is 2.37 bits per heavy atom. The van der Waals surface area contributed by atoms with E-state index in [4.69, 9.17) is 14.2 Å². The number of hydrogen-bond donors (Lipinski definition) is 1. The minimum absolute atomic E-state index is 0.0278. The van der Waals surface area contributed by atoms with Crippen molar-refractivity contribution in [3.8, 4) is 40.2 Å². The van der Waals surface area contributed by atoms with Gasteiger partial charge in [-0.2, -0.15) is 5.26 Å². The average Bonchev–Trinajstić information content (AvgIpc) is 3.40. The van der Waals surface area contributed by atoms with Crippen molar-refractivity contribution in [1.82, 2.24) is 9.55 Å². The van der Waals surface area contributed by atoms with Crippen LogP contribution in [0, 0.1) is 23.0 Å². The van der Waals surface area contributed by atoms with E-state index in [0.29, 0.717) is 12.2 Å². The van der Waals surface area contributed by atoms with Gasteiger partial charge in [0.05, 0.1) is 16.6 Å². The molecule has 49 heavy (non-hydrogen) atoms. The lowest BCUT2D eigenvalue weighted by atomic mass is 10.0. The van der Waals surface area contributed by atoms with Crippen LogP contribution in [-0.4, -0.2) is 36.7 Å². The van der Waals surface area contributed by atoms with Crippen molar-refractivity contribution in [2.75, 3.05) is 11.9 Å². The fourth-order valence-electron chi connectivity index (χ4n) is 4.71. The van der Waals surface area contributed by atoms with Crippen LogP contribution in [0.4, 0.5) is 32.4 Å². The van der Waals surface area contributed by atoms with E-state index in [0.717, 1.165) is 24.2 Å². The number of carbonyl (C=O) groups excluding carboxylic acids is 1. The highest BCUT2D eigenvalue weighted by Gasteiger charge is 2.32. The number of anilines is 1. The standard InChI is InChI=1S/C34H29F5N4O5Si/c1-49(2,3)14-13-45-20-43-19-25(21-9-10-28(22(15-21)18-40)48-34(37,38)39)30-29(11-12-41-32(30)43)47-31-26(35)16-23(17-27(31)36)42-33(44)46-24-7-5-4-6-8-24/h4-12,15-17,19H,13-14,20H2,1-3H3,(H,42,44). The Labute approximate surface area is 278 Å². The molecule has 3 aromatic carbocycles. The molecule has 0 saturated heterocycles. The second kappa shape index (κ2) is 14.3. The summed E-state index contributed by atoms with van der Waals surface area (Å²) in [4.78, 5) is 16.7. The van der Waals surface area contributed by atoms with E-state index >= 15 is 8.78 Å². The lowest BCUT2D eigenvalue weighted by molar-refractivity contribution is -0.274. The first-order chi connectivity index (χ1) is 23.2. The van der Waals surface area contributed by atoms with E-state index in [9.17, 15) is 23.2 Å². The summed E-state index contributed by atoms with van der Waals surface area (Å²) < 4.78 is 92.0. The van der Waals surface area contributed by atoms with Crippen molar-refractivity contribution >= 4 is 30.9 Å². The van der Waals surface area contributed by atoms with Gasteiger partial charge in [-0.05, 0) is 41.9 Å². The van der Waals surface area contributed by atoms with Crippen LogP contribution in [0.2, 0.25) is 25.7 Å². The molecule has 0 spiro atoms. The Kier molecular flexibility index (Phi) is 10.2. The minimum Gasteiger partial charge on any atom is -0.450 e. The van der Waals surface area contributed by atoms with E-state index < -0.39 is 49.2 Å². The number of ether oxygens (including phenoxy) is 4. The number of fused-ring (bicyclic) bond motifs is 1. The number of amides is 1. The van der Waals surface area contributed by atoms with E-state index in [1.807, 2.05) is 0 Å². The molecule has 5 rings (SSSR count). The van der Waals surface area contributed by atoms with Gasteiger partial charge < -0.3 is 23.5 Å². The zero-order valence-corrected chi connectivity index (χ0v) is 27.4. The molecule has 0 bridgehead atoms. The Hall–Kier alpha value is -5.46. The molecule has 1 N–H and O–H groups in total. The Morgan fingerprint density at radius 2 is 1.71 bits per heavy atom. The minimum atomic E-state index is -5.03. The Bertz CT molecular complexity index is 2000. The highest BCUT2D eigenvalue weighted by Crippen LogP contribution is 2.41. The van der Waals surface area contributed by atoms with Crippen LogP contribution in [0.1, 0.15) is 5.56 Å². The second-order valence-corrected chi connectivity index (χ2v) is 17.6. The van der Waals surface area contributed by atoms with Gasteiger partial charge in [-0.15, -0.1) is 13.2 Å². The van der Waals surface area contributed by atoms with Gasteiger partial charge in [0.15, 0.2) is 17.4 Å². The predicted molar refractivity (Wildman–Crippen MR) is 173 cm³/mol. The van der Waals surface area contributed by atoms with Gasteiger partial charge in [0.1, 0.15) is 35.7 Å². The number of halogens is 5. The fourth-order valence-corrected chi connectivity index (χ4v) is 5.46. The fraction of sp³-hybridized carbons (Fsp3) is 0.206. The van der Waals surface area contributed by atoms with Crippen LogP contribution in [0.25, 0.3) is 22.2 Å². The molecule has 0 aliphatic carbocycles. The van der Waals surface area contributed by atoms with Gasteiger partial charge >= 0.3 is 12.5 Å². The molecule has 15 heteroatoms. The van der Waals surface area contributed by atoms with Crippen LogP contribution < -0.4 is 19.5 Å². The largest absolute Gasteiger partial charge is 0.573 e. The molecule has 0 atom stereocenters. The molecule has 1 amide bonds. The number of para-hydroxylation sites is 1. The van der Waals surface area contributed by atoms with Gasteiger partial charge in [-0.25, -0.2) is 18.6 Å². The van der Waals surface area contributed by atoms with E-state index in [1.165, 1.54) is 36.5 Å². The molecule has 0 aliphatic heterocycles. The van der Waals surface area contributed by atoms with Gasteiger partial charge in [0.25, 0.3) is 0 Å². The second-order valence-electron chi connectivity index (χ2n) is 11.9. The number of nitrogens with zero attached hydrogens (tertiary/aromatic N) is 3. The van der Waals surface area contributed by atoms with Gasteiger partial charge in [0.2, 0.25) is 0 Å². The summed E-state index contributed by atoms with van der Waals surface area (Å²) in [5, 5.41) is 12.1. The van der Waals surface area contributed by atoms with Crippen molar-refractivity contribution in [1.29, 1.82) is 5.26 Å². The van der Waals surface area contributed by atoms with Crippen molar-refractivity contribution in [3.63, 3.8) is 0 Å². The number of hydrogen-bond acceptors (Lipinski definition) is 7. The lowest BCUT2D eigenvalue weighted by Gasteiger charge is -2.15. The van der Waals surface area contributed by atoms with Crippen molar-refractivity contribution < 1.29 is 45.7 Å². The maximum absolute atomic E-state index is 15.3. The van der Waals surface area contributed by atoms with Crippen LogP contribution in [0.5, 0.6) is 23.0 Å². The zero-order valence-electron chi connectivity index (χ0n) is 26.4. The Balaban J connectivity index is 1.51. The molecule has 0 saturated carbocycles. The summed E-state index contributed by atoms with van der Waals surface area (Å²) in [7, 11) is -1.42. The number of nitriles is 1. The lowest BCUT2D eigenvalue weighted by Crippen LogP contribution is -2.22. The summed E-state index contributed by atoms with van der Waals surface area (Å²) >= 11 is 0. The maximum Gasteiger partial charge on any atom is 0.573 e. The topological polar surface area (TPSA) is 108 Å². The Morgan fingerprint density at radius 1 is 1.00 bits per heavy atom. The van der Waals surface area contributed by atoms with Gasteiger partial charge in [0, 0.05) is 44.8 Å². The van der Waals surface area contributed by atoms with Crippen LogP contribution in [-0.2, 0) is 11.5 Å². The molecule has 0 fully saturated rings. The van der Waals surface area contributed by atoms with Crippen molar-refractivity contribution in [2.24, 2.45) is 0 Å². The molecular formula is C34H29F5N4O5Si. The SMILES string of the molecule is C[Si](C)(C)CCOCn1cc(-c2ccc(OC(F)(F)F)c(C#N)c2)c2c(Oc3c(F)cc(NC(=O)Oc4ccccc4)cc3F)ccnc21. The van der Waals surface area contributed by atoms with Crippen LogP contribution in [0.15, 0.2) is 79.1 Å². The average molecular weight is 697 g/mol. The van der Waals surface area contributed by atoms with E-state index in [1.54, 1.807) is 35.0 Å². The van der Waals surface area contributed by atoms with E-state index in [-0.39, 0.29) is 40.5 Å². The molecule has 0 radical (unpaired) electrons. The summed E-state index contributed by atoms with van der Waals surface area (Å²) in [6.45, 7) is 7.07. The molecule has 2 aromatic heterocycles. The van der Waals surface area contributed by atoms with Crippen molar-refractivity contribution in [3.05, 3.63) is 96.3 Å². The normalized spacial score (nSPS) is 11.7. The number of rotatable bonds is 11. The number of carbonyl (C=O) groups is 1. The number of pyridine rings is 1. The maximum atomic E-state index is 15.3. The third kappa shape index (κ3) is 8.92. The van der Waals surface area contributed by atoms with Crippen molar-refractivity contribution in [2.45, 2.75) is 38.8 Å². The molecule has 0 unspecified atom stereocenters. The van der Waals surface area contributed by atoms with E-state index in [2.05, 4.69) is 34.7 Å². The summed E-state index contributed by atoms with van der Waals surface area (Å²) in [5.41, 5.74) is 0.226. The number of aromatic nitrogens is 2. The zero-order chi connectivity index (χ0) is 35.3. The summed E-state index contributed by atoms with van der Waals surface area (Å²) in [5.74, 6) is -3.65. The molecule has 5 aromatic rings. The molecule has 0 aliphatic rings. The quantitative estimate of drug-likeness (QED) is 0.0833. The first kappa shape index (κ1) is 34.9. The molecule has 254 valence electrons. The van der Waals surface area contributed by atoms with Crippen LogP contribution >= 0.6 is 0 Å². The smallest absolute Gasteiger partial charge is 0.450 e. The molecule has 2 heterocycles. The predicted octanol–water partition coefficient (Wildman–Crippen LogP) is 9.47. The number of alkyl halides is 3. The van der Waals surface area contributed by atoms with Crippen LogP contribution in [0.3, 0.4) is 0 Å². The summed E-state index contributed by atoms with van der Waals surface area (Å²) in [6.07, 6.45) is -3.05. The monoisotopic (exact) mass is 696 g/mol. The third-order valence-corrected chi connectivity index (χ3v) is 8.70. The van der Waals surface area contributed by atoms with Gasteiger partial charge in [-0.3, -0.25) is 5.32 Å². The first-order valence-corrected chi connectivity index (χ1v) is 18.5. The number of benzene rings is 3. The highest BCUT2D eigenvalue weighted by atomic mass is 28.3. The van der Waals surface area contributed by atoms with Gasteiger partial charge in [-0.1, -0.05) is 43.9 Å². The number of nitrogens with one attached hydrogen (secondary N) is 1.